The molecule has 3 heteroatoms. The number of aromatic nitrogens is 1. The Morgan fingerprint density at radius 2 is 1.71 bits per heavy atom. The van der Waals surface area contributed by atoms with E-state index in [1.54, 1.807) is 0 Å². The SMILES string of the molecule is [C-]#[N+]c1cc2oc3cc(C)c(-c4cccc[n+]4C)cc3c2cc1C. The van der Waals surface area contributed by atoms with Gasteiger partial charge in [-0.15, -0.1) is 0 Å². The second kappa shape index (κ2) is 5.21. The topological polar surface area (TPSA) is 21.4 Å². The average Bonchev–Trinajstić information content (AvgIpc) is 2.90. The number of pyridine rings is 1. The van der Waals surface area contributed by atoms with E-state index in [0.717, 1.165) is 27.5 Å². The molecule has 0 fully saturated rings. The Morgan fingerprint density at radius 1 is 0.958 bits per heavy atom. The molecule has 4 aromatic rings. The summed E-state index contributed by atoms with van der Waals surface area (Å²) in [4.78, 5) is 3.57. The lowest BCUT2D eigenvalue weighted by Gasteiger charge is -2.04. The average molecular weight is 313 g/mol. The standard InChI is InChI=1S/C21H17N2O/c1-13-10-20-17(11-15(13)19-7-5-6-8-23(19)4)16-9-14(2)18(22-3)12-21(16)24-20/h5-12H,1-2,4H3/q+1. The van der Waals surface area contributed by atoms with Crippen molar-refractivity contribution in [3.05, 3.63) is 71.2 Å². The van der Waals surface area contributed by atoms with Crippen LogP contribution in [0.4, 0.5) is 5.69 Å². The zero-order valence-corrected chi connectivity index (χ0v) is 13.9. The highest BCUT2D eigenvalue weighted by Crippen LogP contribution is 2.36. The number of furan rings is 1. The molecule has 0 unspecified atom stereocenters. The zero-order valence-electron chi connectivity index (χ0n) is 13.9. The molecular weight excluding hydrogens is 296 g/mol. The van der Waals surface area contributed by atoms with Crippen LogP contribution in [0.5, 0.6) is 0 Å². The van der Waals surface area contributed by atoms with Gasteiger partial charge in [-0.3, -0.25) is 0 Å². The maximum absolute atomic E-state index is 7.28. The third-order valence-corrected chi connectivity index (χ3v) is 4.59. The highest BCUT2D eigenvalue weighted by atomic mass is 16.3. The molecule has 0 aliphatic heterocycles. The molecule has 2 aromatic heterocycles. The van der Waals surface area contributed by atoms with Crippen molar-refractivity contribution in [3.8, 4) is 11.3 Å². The molecule has 3 nitrogen and oxygen atoms in total. The van der Waals surface area contributed by atoms with Crippen LogP contribution in [0.1, 0.15) is 11.1 Å². The number of hydrogen-bond donors (Lipinski definition) is 0. The van der Waals surface area contributed by atoms with Crippen molar-refractivity contribution in [1.29, 1.82) is 0 Å². The van der Waals surface area contributed by atoms with Gasteiger partial charge in [0.2, 0.25) is 5.69 Å². The molecule has 2 aromatic carbocycles. The number of aryl methyl sites for hydroxylation is 3. The molecule has 2 heterocycles. The van der Waals surface area contributed by atoms with Crippen LogP contribution in [-0.4, -0.2) is 0 Å². The number of fused-ring (bicyclic) bond motifs is 3. The van der Waals surface area contributed by atoms with Crippen LogP contribution in [-0.2, 0) is 7.05 Å². The maximum atomic E-state index is 7.28. The summed E-state index contributed by atoms with van der Waals surface area (Å²) < 4.78 is 8.13. The minimum absolute atomic E-state index is 0.646. The minimum Gasteiger partial charge on any atom is -0.457 e. The van der Waals surface area contributed by atoms with E-state index < -0.39 is 0 Å². The first-order valence-corrected chi connectivity index (χ1v) is 7.88. The van der Waals surface area contributed by atoms with E-state index in [1.807, 2.05) is 19.1 Å². The monoisotopic (exact) mass is 313 g/mol. The van der Waals surface area contributed by atoms with E-state index in [4.69, 9.17) is 11.0 Å². The van der Waals surface area contributed by atoms with Crippen molar-refractivity contribution in [2.45, 2.75) is 13.8 Å². The molecule has 116 valence electrons. The number of nitrogens with zero attached hydrogens (tertiary/aromatic N) is 2. The van der Waals surface area contributed by atoms with Crippen molar-refractivity contribution in [3.63, 3.8) is 0 Å². The van der Waals surface area contributed by atoms with Crippen LogP contribution < -0.4 is 4.57 Å². The molecule has 0 amide bonds. The Balaban J connectivity index is 2.07. The molecule has 0 bridgehead atoms. The Hall–Kier alpha value is -3.12. The van der Waals surface area contributed by atoms with E-state index in [-0.39, 0.29) is 0 Å². The molecule has 0 N–H and O–H groups in total. The fraction of sp³-hybridized carbons (Fsp3) is 0.143. The highest BCUT2D eigenvalue weighted by Gasteiger charge is 2.16. The Labute approximate surface area is 140 Å². The van der Waals surface area contributed by atoms with Crippen molar-refractivity contribution >= 4 is 27.6 Å². The molecule has 0 atom stereocenters. The summed E-state index contributed by atoms with van der Waals surface area (Å²) in [6, 6.07) is 14.4. The van der Waals surface area contributed by atoms with Gasteiger partial charge in [-0.25, -0.2) is 9.41 Å². The molecule has 4 rings (SSSR count). The zero-order chi connectivity index (χ0) is 16.8. The van der Waals surface area contributed by atoms with E-state index >= 15 is 0 Å². The second-order valence-electron chi connectivity index (χ2n) is 6.21. The first-order chi connectivity index (χ1) is 11.6. The van der Waals surface area contributed by atoms with Gasteiger partial charge < -0.3 is 4.42 Å². The van der Waals surface area contributed by atoms with Crippen LogP contribution in [0.25, 0.3) is 38.0 Å². The number of benzene rings is 2. The fourth-order valence-electron chi connectivity index (χ4n) is 3.27. The van der Waals surface area contributed by atoms with E-state index in [9.17, 15) is 0 Å². The predicted molar refractivity (Wildman–Crippen MR) is 96.1 cm³/mol. The van der Waals surface area contributed by atoms with Gasteiger partial charge in [-0.2, -0.15) is 0 Å². The Kier molecular flexibility index (Phi) is 3.14. The maximum Gasteiger partial charge on any atom is 0.212 e. The number of hydrogen-bond acceptors (Lipinski definition) is 1. The minimum atomic E-state index is 0.646. The van der Waals surface area contributed by atoms with Crippen LogP contribution in [0.15, 0.2) is 53.1 Å². The summed E-state index contributed by atoms with van der Waals surface area (Å²) >= 11 is 0. The van der Waals surface area contributed by atoms with Gasteiger partial charge in [0.1, 0.15) is 18.2 Å². The summed E-state index contributed by atoms with van der Waals surface area (Å²) in [6.45, 7) is 11.4. The van der Waals surface area contributed by atoms with Gasteiger partial charge in [0.15, 0.2) is 11.9 Å². The van der Waals surface area contributed by atoms with Gasteiger partial charge in [0.05, 0.1) is 6.57 Å². The van der Waals surface area contributed by atoms with Gasteiger partial charge in [0, 0.05) is 28.5 Å². The van der Waals surface area contributed by atoms with Crippen molar-refractivity contribution in [2.75, 3.05) is 0 Å². The summed E-state index contributed by atoms with van der Waals surface area (Å²) in [5.41, 5.74) is 6.80. The predicted octanol–water partition coefficient (Wildman–Crippen LogP) is 5.25. The molecular formula is C21H17N2O+. The molecule has 0 aliphatic rings. The van der Waals surface area contributed by atoms with Crippen LogP contribution >= 0.6 is 0 Å². The molecule has 0 saturated heterocycles. The quantitative estimate of drug-likeness (QED) is 0.347. The Morgan fingerprint density at radius 3 is 2.46 bits per heavy atom. The lowest BCUT2D eigenvalue weighted by Crippen LogP contribution is -2.30. The first-order valence-electron chi connectivity index (χ1n) is 7.88. The highest BCUT2D eigenvalue weighted by molar-refractivity contribution is 6.07. The van der Waals surface area contributed by atoms with E-state index in [0.29, 0.717) is 5.69 Å². The van der Waals surface area contributed by atoms with E-state index in [2.05, 4.69) is 59.9 Å². The largest absolute Gasteiger partial charge is 0.457 e. The van der Waals surface area contributed by atoms with Crippen molar-refractivity contribution in [2.24, 2.45) is 7.05 Å². The van der Waals surface area contributed by atoms with Crippen LogP contribution in [0.3, 0.4) is 0 Å². The number of rotatable bonds is 1. The van der Waals surface area contributed by atoms with Gasteiger partial charge >= 0.3 is 0 Å². The molecule has 0 saturated carbocycles. The molecule has 0 radical (unpaired) electrons. The second-order valence-corrected chi connectivity index (χ2v) is 6.21. The lowest BCUT2D eigenvalue weighted by atomic mass is 10.0. The van der Waals surface area contributed by atoms with E-state index in [1.165, 1.54) is 16.8 Å². The van der Waals surface area contributed by atoms with Gasteiger partial charge in [-0.1, -0.05) is 6.07 Å². The lowest BCUT2D eigenvalue weighted by molar-refractivity contribution is -0.660. The van der Waals surface area contributed by atoms with Crippen molar-refractivity contribution < 1.29 is 8.98 Å². The summed E-state index contributed by atoms with van der Waals surface area (Å²) in [7, 11) is 2.05. The van der Waals surface area contributed by atoms with Gasteiger partial charge in [0.25, 0.3) is 0 Å². The Bertz CT molecular complexity index is 1150. The smallest absolute Gasteiger partial charge is 0.212 e. The summed E-state index contributed by atoms with van der Waals surface area (Å²) in [6.07, 6.45) is 2.05. The molecule has 0 spiro atoms. The van der Waals surface area contributed by atoms with Crippen molar-refractivity contribution in [1.82, 2.24) is 0 Å². The normalized spacial score (nSPS) is 11.1. The fourth-order valence-corrected chi connectivity index (χ4v) is 3.27. The van der Waals surface area contributed by atoms with Gasteiger partial charge in [-0.05, 0) is 49.2 Å². The summed E-state index contributed by atoms with van der Waals surface area (Å²) in [5, 5.41) is 2.16. The third-order valence-electron chi connectivity index (χ3n) is 4.59. The summed E-state index contributed by atoms with van der Waals surface area (Å²) in [5.74, 6) is 0. The molecule has 24 heavy (non-hydrogen) atoms. The molecule has 0 aliphatic carbocycles. The third kappa shape index (κ3) is 2.08. The first kappa shape index (κ1) is 14.5. The van der Waals surface area contributed by atoms with Crippen LogP contribution in [0, 0.1) is 20.4 Å². The van der Waals surface area contributed by atoms with Crippen LogP contribution in [0.2, 0.25) is 0 Å².